The minimum absolute atomic E-state index is 0.0342. The van der Waals surface area contributed by atoms with Crippen molar-refractivity contribution < 1.29 is 22.7 Å². The Balaban J connectivity index is 2.45. The molecule has 2 amide bonds. The maximum absolute atomic E-state index is 12.0. The topological polar surface area (TPSA) is 80.8 Å². The number of carbonyl (C=O) groups excluding carboxylic acids is 2. The maximum atomic E-state index is 12.0. The highest BCUT2D eigenvalue weighted by Crippen LogP contribution is 2.30. The molecule has 94 valence electrons. The smallest absolute Gasteiger partial charge is 0.431 e. The number of carbonyl (C=O) groups is 2. The van der Waals surface area contributed by atoms with E-state index in [4.69, 9.17) is 0 Å². The maximum Gasteiger partial charge on any atom is 0.431 e. The SMILES string of the molecule is C=CCOC(=O)N1C(=O)c2ccccc2S1(=O)=O. The summed E-state index contributed by atoms with van der Waals surface area (Å²) in [6, 6.07) is 5.60. The first-order valence-electron chi connectivity index (χ1n) is 4.96. The number of ether oxygens (including phenoxy) is 1. The standard InChI is InChI=1S/C11H9NO5S/c1-2-7-17-11(14)12-10(13)8-5-3-4-6-9(8)18(12,15)16/h2-6H,1,7H2. The summed E-state index contributed by atoms with van der Waals surface area (Å²) in [7, 11) is -4.15. The number of hydrogen-bond donors (Lipinski definition) is 0. The highest BCUT2D eigenvalue weighted by molar-refractivity contribution is 7.90. The Labute approximate surface area is 104 Å². The first-order chi connectivity index (χ1) is 8.50. The zero-order valence-electron chi connectivity index (χ0n) is 9.20. The third-order valence-corrected chi connectivity index (χ3v) is 4.02. The lowest BCUT2D eigenvalue weighted by Crippen LogP contribution is -2.36. The highest BCUT2D eigenvalue weighted by atomic mass is 32.2. The van der Waals surface area contributed by atoms with Crippen molar-refractivity contribution >= 4 is 22.0 Å². The van der Waals surface area contributed by atoms with Gasteiger partial charge in [-0.2, -0.15) is 0 Å². The zero-order valence-corrected chi connectivity index (χ0v) is 10.0. The zero-order chi connectivity index (χ0) is 13.3. The van der Waals surface area contributed by atoms with Crippen molar-refractivity contribution in [2.45, 2.75) is 4.90 Å². The molecular formula is C11H9NO5S. The molecule has 0 bridgehead atoms. The van der Waals surface area contributed by atoms with Crippen LogP contribution in [0.15, 0.2) is 41.8 Å². The van der Waals surface area contributed by atoms with Crippen LogP contribution in [0.1, 0.15) is 10.4 Å². The molecule has 0 radical (unpaired) electrons. The van der Waals surface area contributed by atoms with Gasteiger partial charge >= 0.3 is 6.09 Å². The Kier molecular flexibility index (Phi) is 2.92. The van der Waals surface area contributed by atoms with Gasteiger partial charge in [-0.05, 0) is 12.1 Å². The molecule has 18 heavy (non-hydrogen) atoms. The Hall–Kier alpha value is -2.15. The van der Waals surface area contributed by atoms with Crippen LogP contribution in [-0.4, -0.2) is 31.3 Å². The average molecular weight is 267 g/mol. The van der Waals surface area contributed by atoms with Crippen LogP contribution >= 0.6 is 0 Å². The normalized spacial score (nSPS) is 16.2. The average Bonchev–Trinajstić information content (AvgIpc) is 2.55. The van der Waals surface area contributed by atoms with Crippen LogP contribution in [-0.2, 0) is 14.8 Å². The van der Waals surface area contributed by atoms with E-state index in [1.54, 1.807) is 0 Å². The Bertz CT molecular complexity index is 635. The molecule has 0 atom stereocenters. The van der Waals surface area contributed by atoms with E-state index in [2.05, 4.69) is 11.3 Å². The first-order valence-corrected chi connectivity index (χ1v) is 6.40. The lowest BCUT2D eigenvalue weighted by molar-refractivity contribution is 0.0824. The summed E-state index contributed by atoms with van der Waals surface area (Å²) in [5.74, 6) is -0.903. The molecule has 6 nitrogen and oxygen atoms in total. The lowest BCUT2D eigenvalue weighted by Gasteiger charge is -2.11. The number of imide groups is 1. The molecule has 2 rings (SSSR count). The van der Waals surface area contributed by atoms with E-state index in [1.165, 1.54) is 30.3 Å². The van der Waals surface area contributed by atoms with E-state index in [0.717, 1.165) is 0 Å². The number of sulfonamides is 1. The Morgan fingerprint density at radius 2 is 2.06 bits per heavy atom. The van der Waals surface area contributed by atoms with Gasteiger partial charge in [-0.3, -0.25) is 4.79 Å². The first kappa shape index (κ1) is 12.3. The number of fused-ring (bicyclic) bond motifs is 1. The molecule has 0 spiro atoms. The fourth-order valence-corrected chi connectivity index (χ4v) is 3.00. The van der Waals surface area contributed by atoms with Crippen molar-refractivity contribution in [2.24, 2.45) is 0 Å². The van der Waals surface area contributed by atoms with Gasteiger partial charge < -0.3 is 4.74 Å². The fourth-order valence-electron chi connectivity index (χ4n) is 1.56. The van der Waals surface area contributed by atoms with Crippen molar-refractivity contribution in [3.8, 4) is 0 Å². The van der Waals surface area contributed by atoms with Gasteiger partial charge in [0.15, 0.2) is 0 Å². The Morgan fingerprint density at radius 1 is 1.39 bits per heavy atom. The molecule has 1 aromatic rings. The van der Waals surface area contributed by atoms with E-state index >= 15 is 0 Å². The van der Waals surface area contributed by atoms with Gasteiger partial charge in [-0.25, -0.2) is 13.2 Å². The van der Waals surface area contributed by atoms with E-state index < -0.39 is 22.0 Å². The molecule has 0 fully saturated rings. The van der Waals surface area contributed by atoms with E-state index in [0.29, 0.717) is 0 Å². The van der Waals surface area contributed by atoms with Gasteiger partial charge in [0.25, 0.3) is 15.9 Å². The summed E-state index contributed by atoms with van der Waals surface area (Å²) in [4.78, 5) is 23.2. The molecule has 0 aliphatic carbocycles. The van der Waals surface area contributed by atoms with Gasteiger partial charge in [-0.1, -0.05) is 24.8 Å². The van der Waals surface area contributed by atoms with Crippen molar-refractivity contribution in [3.63, 3.8) is 0 Å². The second kappa shape index (κ2) is 4.26. The fraction of sp³-hybridized carbons (Fsp3) is 0.0909. The monoisotopic (exact) mass is 267 g/mol. The van der Waals surface area contributed by atoms with Crippen LogP contribution in [0.3, 0.4) is 0 Å². The molecule has 0 N–H and O–H groups in total. The summed E-state index contributed by atoms with van der Waals surface area (Å²) >= 11 is 0. The summed E-state index contributed by atoms with van der Waals surface area (Å²) in [6.07, 6.45) is 0.0502. The van der Waals surface area contributed by atoms with Crippen LogP contribution in [0.5, 0.6) is 0 Å². The molecule has 0 saturated carbocycles. The molecular weight excluding hydrogens is 258 g/mol. The van der Waals surface area contributed by atoms with Gasteiger partial charge in [0, 0.05) is 0 Å². The minimum Gasteiger partial charge on any atom is -0.444 e. The second-order valence-corrected chi connectivity index (χ2v) is 5.19. The third kappa shape index (κ3) is 1.68. The molecule has 7 heteroatoms. The second-order valence-electron chi connectivity index (χ2n) is 3.44. The van der Waals surface area contributed by atoms with E-state index in [9.17, 15) is 18.0 Å². The van der Waals surface area contributed by atoms with E-state index in [-0.39, 0.29) is 21.4 Å². The van der Waals surface area contributed by atoms with Crippen molar-refractivity contribution in [2.75, 3.05) is 6.61 Å². The van der Waals surface area contributed by atoms with Crippen LogP contribution < -0.4 is 0 Å². The molecule has 1 aliphatic heterocycles. The largest absolute Gasteiger partial charge is 0.444 e. The van der Waals surface area contributed by atoms with Gasteiger partial charge in [0.2, 0.25) is 0 Å². The number of amides is 2. The molecule has 0 aromatic heterocycles. The summed E-state index contributed by atoms with van der Waals surface area (Å²) in [6.45, 7) is 3.15. The molecule has 1 heterocycles. The van der Waals surface area contributed by atoms with Crippen molar-refractivity contribution in [1.29, 1.82) is 0 Å². The molecule has 1 aromatic carbocycles. The van der Waals surface area contributed by atoms with Crippen LogP contribution in [0, 0.1) is 0 Å². The summed E-state index contributed by atoms with van der Waals surface area (Å²) in [5.41, 5.74) is -0.0342. The molecule has 0 unspecified atom stereocenters. The van der Waals surface area contributed by atoms with Crippen LogP contribution in [0.4, 0.5) is 4.79 Å². The lowest BCUT2D eigenvalue weighted by atomic mass is 10.2. The van der Waals surface area contributed by atoms with Crippen molar-refractivity contribution in [3.05, 3.63) is 42.5 Å². The number of rotatable bonds is 2. The summed E-state index contributed by atoms with van der Waals surface area (Å²) < 4.78 is 28.7. The number of hydrogen-bond acceptors (Lipinski definition) is 5. The predicted molar refractivity (Wildman–Crippen MR) is 61.3 cm³/mol. The third-order valence-electron chi connectivity index (χ3n) is 2.31. The number of nitrogens with zero attached hydrogens (tertiary/aromatic N) is 1. The number of benzene rings is 1. The minimum atomic E-state index is -4.15. The quantitative estimate of drug-likeness (QED) is 0.751. The van der Waals surface area contributed by atoms with Crippen LogP contribution in [0.25, 0.3) is 0 Å². The summed E-state index contributed by atoms with van der Waals surface area (Å²) in [5, 5.41) is 0. The highest BCUT2D eigenvalue weighted by Gasteiger charge is 2.46. The van der Waals surface area contributed by atoms with Gasteiger partial charge in [-0.15, -0.1) is 4.31 Å². The molecule has 1 aliphatic rings. The Morgan fingerprint density at radius 3 is 2.67 bits per heavy atom. The predicted octanol–water partition coefficient (Wildman–Crippen LogP) is 1.15. The van der Waals surface area contributed by atoms with Crippen LogP contribution in [0.2, 0.25) is 0 Å². The molecule has 0 saturated heterocycles. The van der Waals surface area contributed by atoms with Gasteiger partial charge in [0.05, 0.1) is 5.56 Å². The van der Waals surface area contributed by atoms with E-state index in [1.807, 2.05) is 0 Å². The van der Waals surface area contributed by atoms with Crippen molar-refractivity contribution in [1.82, 2.24) is 4.31 Å². The van der Waals surface area contributed by atoms with Gasteiger partial charge in [0.1, 0.15) is 11.5 Å².